The van der Waals surface area contributed by atoms with Gasteiger partial charge in [-0.2, -0.15) is 0 Å². The Hall–Kier alpha value is -1.26. The van der Waals surface area contributed by atoms with E-state index in [2.05, 4.69) is 38.9 Å². The van der Waals surface area contributed by atoms with E-state index in [1.807, 2.05) is 12.1 Å². The number of rotatable bonds is 8. The number of likely N-dealkylation sites (N-methyl/N-ethyl adjacent to an activating group) is 1. The van der Waals surface area contributed by atoms with Crippen LogP contribution in [0.4, 0.5) is 0 Å². The molecule has 1 aromatic rings. The molecule has 0 saturated heterocycles. The smallest absolute Gasteiger partial charge is 0.161 e. The minimum absolute atomic E-state index is 0.274. The minimum Gasteiger partial charge on any atom is -0.493 e. The molecule has 0 radical (unpaired) electrons. The Morgan fingerprint density at radius 3 is 2.19 bits per heavy atom. The highest BCUT2D eigenvalue weighted by Gasteiger charge is 2.36. The predicted octanol–water partition coefficient (Wildman–Crippen LogP) is 3.00. The van der Waals surface area contributed by atoms with Crippen LogP contribution in [0.15, 0.2) is 18.2 Å². The average Bonchev–Trinajstić information content (AvgIpc) is 2.46. The molecule has 1 rings (SSSR count). The van der Waals surface area contributed by atoms with E-state index in [-0.39, 0.29) is 6.04 Å². The van der Waals surface area contributed by atoms with Crippen LogP contribution in [0.5, 0.6) is 11.5 Å². The zero-order valence-electron chi connectivity index (χ0n) is 14.3. The summed E-state index contributed by atoms with van der Waals surface area (Å²) in [6, 6.07) is 6.29. The van der Waals surface area contributed by atoms with Crippen molar-refractivity contribution in [3.05, 3.63) is 23.8 Å². The third kappa shape index (κ3) is 3.69. The van der Waals surface area contributed by atoms with Crippen LogP contribution in [0.25, 0.3) is 0 Å². The first kappa shape index (κ1) is 17.8. The molecule has 0 aromatic heterocycles. The molecule has 2 atom stereocenters. The molecule has 0 aliphatic rings. The zero-order chi connectivity index (χ0) is 16.0. The summed E-state index contributed by atoms with van der Waals surface area (Å²) in [5.41, 5.74) is 7.57. The normalized spacial score (nSPS) is 15.6. The maximum absolute atomic E-state index is 6.86. The molecule has 0 saturated carbocycles. The lowest BCUT2D eigenvalue weighted by molar-refractivity contribution is 0.159. The summed E-state index contributed by atoms with van der Waals surface area (Å²) in [7, 11) is 7.48. The minimum atomic E-state index is -0.396. The summed E-state index contributed by atoms with van der Waals surface area (Å²) in [5.74, 6) is 1.47. The summed E-state index contributed by atoms with van der Waals surface area (Å²) >= 11 is 0. The second kappa shape index (κ2) is 7.66. The fourth-order valence-corrected chi connectivity index (χ4v) is 3.23. The van der Waals surface area contributed by atoms with E-state index in [1.165, 1.54) is 0 Å². The molecule has 1 aromatic carbocycles. The topological polar surface area (TPSA) is 47.7 Å². The van der Waals surface area contributed by atoms with Crippen LogP contribution in [-0.4, -0.2) is 39.3 Å². The van der Waals surface area contributed by atoms with Crippen molar-refractivity contribution in [2.24, 2.45) is 5.73 Å². The van der Waals surface area contributed by atoms with Crippen molar-refractivity contribution in [3.63, 3.8) is 0 Å². The van der Waals surface area contributed by atoms with Gasteiger partial charge in [0.1, 0.15) is 0 Å². The van der Waals surface area contributed by atoms with Gasteiger partial charge < -0.3 is 20.1 Å². The quantitative estimate of drug-likeness (QED) is 0.800. The molecule has 0 amide bonds. The lowest BCUT2D eigenvalue weighted by Crippen LogP contribution is -2.53. The highest BCUT2D eigenvalue weighted by atomic mass is 16.5. The maximum atomic E-state index is 6.86. The van der Waals surface area contributed by atoms with Crippen molar-refractivity contribution in [2.45, 2.75) is 44.7 Å². The van der Waals surface area contributed by atoms with Gasteiger partial charge >= 0.3 is 0 Å². The van der Waals surface area contributed by atoms with Gasteiger partial charge in [0.05, 0.1) is 19.8 Å². The number of nitrogens with zero attached hydrogens (tertiary/aromatic N) is 1. The molecule has 0 spiro atoms. The number of ether oxygens (including phenoxy) is 2. The highest BCUT2D eigenvalue weighted by molar-refractivity contribution is 5.45. The van der Waals surface area contributed by atoms with Crippen LogP contribution in [0, 0.1) is 0 Å². The Morgan fingerprint density at radius 2 is 1.76 bits per heavy atom. The average molecular weight is 294 g/mol. The number of nitrogens with two attached hydrogens (primary N) is 1. The van der Waals surface area contributed by atoms with Crippen molar-refractivity contribution >= 4 is 0 Å². The van der Waals surface area contributed by atoms with Gasteiger partial charge in [0.25, 0.3) is 0 Å². The summed E-state index contributed by atoms with van der Waals surface area (Å²) in [5, 5.41) is 0. The van der Waals surface area contributed by atoms with E-state index in [0.29, 0.717) is 0 Å². The Balaban J connectivity index is 3.33. The summed E-state index contributed by atoms with van der Waals surface area (Å²) in [6.07, 6.45) is 2.96. The molecule has 0 bridgehead atoms. The van der Waals surface area contributed by atoms with Crippen LogP contribution >= 0.6 is 0 Å². The third-order valence-corrected chi connectivity index (χ3v) is 4.19. The third-order valence-electron chi connectivity index (χ3n) is 4.19. The number of methoxy groups -OCH3 is 2. The Kier molecular flexibility index (Phi) is 6.49. The fraction of sp³-hybridized carbons (Fsp3) is 0.647. The maximum Gasteiger partial charge on any atom is 0.161 e. The standard InChI is InChI=1S/C17H30N2O2/c1-7-11-17(18,16(8-2)19(3)4)13-9-10-14(20-5)15(12-13)21-6/h9-10,12,16H,7-8,11,18H2,1-6H3. The van der Waals surface area contributed by atoms with E-state index < -0.39 is 5.54 Å². The van der Waals surface area contributed by atoms with E-state index >= 15 is 0 Å². The molecule has 0 aliphatic carbocycles. The zero-order valence-corrected chi connectivity index (χ0v) is 14.3. The lowest BCUT2D eigenvalue weighted by atomic mass is 9.78. The van der Waals surface area contributed by atoms with Gasteiger partial charge in [0.2, 0.25) is 0 Å². The Morgan fingerprint density at radius 1 is 1.14 bits per heavy atom. The summed E-state index contributed by atoms with van der Waals surface area (Å²) in [6.45, 7) is 4.35. The van der Waals surface area contributed by atoms with Crippen molar-refractivity contribution < 1.29 is 9.47 Å². The monoisotopic (exact) mass is 294 g/mol. The number of hydrogen-bond acceptors (Lipinski definition) is 4. The van der Waals surface area contributed by atoms with Crippen LogP contribution < -0.4 is 15.2 Å². The van der Waals surface area contributed by atoms with Gasteiger partial charge in [-0.3, -0.25) is 0 Å². The largest absolute Gasteiger partial charge is 0.493 e. The van der Waals surface area contributed by atoms with E-state index in [1.54, 1.807) is 14.2 Å². The second-order valence-corrected chi connectivity index (χ2v) is 5.75. The lowest BCUT2D eigenvalue weighted by Gasteiger charge is -2.41. The number of hydrogen-bond donors (Lipinski definition) is 1. The van der Waals surface area contributed by atoms with Crippen molar-refractivity contribution in [2.75, 3.05) is 28.3 Å². The van der Waals surface area contributed by atoms with Gasteiger partial charge in [-0.25, -0.2) is 0 Å². The van der Waals surface area contributed by atoms with Gasteiger partial charge in [-0.1, -0.05) is 26.3 Å². The second-order valence-electron chi connectivity index (χ2n) is 5.75. The van der Waals surface area contributed by atoms with E-state index in [4.69, 9.17) is 15.2 Å². The van der Waals surface area contributed by atoms with E-state index in [0.717, 1.165) is 36.3 Å². The van der Waals surface area contributed by atoms with Crippen molar-refractivity contribution in [3.8, 4) is 11.5 Å². The summed E-state index contributed by atoms with van der Waals surface area (Å²) in [4.78, 5) is 2.21. The molecule has 21 heavy (non-hydrogen) atoms. The number of benzene rings is 1. The van der Waals surface area contributed by atoms with E-state index in [9.17, 15) is 0 Å². The molecule has 0 fully saturated rings. The van der Waals surface area contributed by atoms with Crippen LogP contribution in [-0.2, 0) is 5.54 Å². The molecule has 4 nitrogen and oxygen atoms in total. The van der Waals surface area contributed by atoms with Crippen LogP contribution in [0.3, 0.4) is 0 Å². The Bertz CT molecular complexity index is 448. The molecule has 0 aliphatic heterocycles. The van der Waals surface area contributed by atoms with Gasteiger partial charge in [0, 0.05) is 6.04 Å². The molecule has 4 heteroatoms. The molecule has 2 unspecified atom stereocenters. The molecular weight excluding hydrogens is 264 g/mol. The van der Waals surface area contributed by atoms with Crippen LogP contribution in [0.1, 0.15) is 38.7 Å². The van der Waals surface area contributed by atoms with Crippen molar-refractivity contribution in [1.82, 2.24) is 4.90 Å². The molecule has 2 N–H and O–H groups in total. The molecule has 120 valence electrons. The van der Waals surface area contributed by atoms with Crippen molar-refractivity contribution in [1.29, 1.82) is 0 Å². The fourth-order valence-electron chi connectivity index (χ4n) is 3.23. The summed E-state index contributed by atoms with van der Waals surface area (Å²) < 4.78 is 10.8. The molecule has 0 heterocycles. The van der Waals surface area contributed by atoms with Gasteiger partial charge in [-0.05, 0) is 44.6 Å². The first-order valence-corrected chi connectivity index (χ1v) is 7.62. The van der Waals surface area contributed by atoms with Gasteiger partial charge in [-0.15, -0.1) is 0 Å². The Labute approximate surface area is 129 Å². The predicted molar refractivity (Wildman–Crippen MR) is 88.1 cm³/mol. The van der Waals surface area contributed by atoms with Crippen LogP contribution in [0.2, 0.25) is 0 Å². The SMILES string of the molecule is CCCC(N)(c1ccc(OC)c(OC)c1)C(CC)N(C)C. The highest BCUT2D eigenvalue weighted by Crippen LogP contribution is 2.36. The first-order valence-electron chi connectivity index (χ1n) is 7.62. The first-order chi connectivity index (χ1) is 9.94. The molecular formula is C17H30N2O2. The van der Waals surface area contributed by atoms with Gasteiger partial charge in [0.15, 0.2) is 11.5 Å².